The van der Waals surface area contributed by atoms with Crippen molar-refractivity contribution in [3.8, 4) is 0 Å². The van der Waals surface area contributed by atoms with Crippen LogP contribution in [0.5, 0.6) is 0 Å². The number of amides is 1. The summed E-state index contributed by atoms with van der Waals surface area (Å²) in [5, 5.41) is 2.52. The summed E-state index contributed by atoms with van der Waals surface area (Å²) in [5.41, 5.74) is 0.824. The monoisotopic (exact) mass is 277 g/mol. The van der Waals surface area contributed by atoms with Crippen molar-refractivity contribution in [2.45, 2.75) is 32.4 Å². The average molecular weight is 277 g/mol. The molecule has 0 aliphatic heterocycles. The fourth-order valence-corrected chi connectivity index (χ4v) is 1.63. The Bertz CT molecular complexity index is 443. The Kier molecular flexibility index (Phi) is 5.32. The Morgan fingerprint density at radius 2 is 1.95 bits per heavy atom. The van der Waals surface area contributed by atoms with Crippen LogP contribution in [0.3, 0.4) is 0 Å². The van der Waals surface area contributed by atoms with E-state index in [1.54, 1.807) is 6.92 Å². The van der Waals surface area contributed by atoms with Gasteiger partial charge in [-0.15, -0.1) is 0 Å². The zero-order valence-electron chi connectivity index (χ0n) is 10.5. The van der Waals surface area contributed by atoms with Gasteiger partial charge in [-0.05, 0) is 43.5 Å². The number of carbonyl (C=O) groups is 1. The highest BCUT2D eigenvalue weighted by Gasteiger charge is 2.25. The summed E-state index contributed by atoms with van der Waals surface area (Å²) in [6.07, 6.45) is -4.77. The molecule has 106 valence electrons. The molecule has 0 spiro atoms. The average Bonchev–Trinajstić information content (AvgIpc) is 2.26. The Morgan fingerprint density at radius 1 is 1.26 bits per heavy atom. The highest BCUT2D eigenvalue weighted by atomic mass is 19.4. The zero-order valence-corrected chi connectivity index (χ0v) is 10.5. The predicted molar refractivity (Wildman–Crippen MR) is 63.4 cm³/mol. The van der Waals surface area contributed by atoms with Gasteiger partial charge in [-0.2, -0.15) is 13.2 Å². The lowest BCUT2D eigenvalue weighted by molar-refractivity contribution is -0.135. The third kappa shape index (κ3) is 5.72. The maximum absolute atomic E-state index is 12.8. The molecule has 0 bridgehead atoms. The summed E-state index contributed by atoms with van der Waals surface area (Å²) in [6, 6.07) is 3.76. The van der Waals surface area contributed by atoms with Crippen LogP contribution in [0.1, 0.15) is 35.2 Å². The number of halogens is 4. The summed E-state index contributed by atoms with van der Waals surface area (Å²) in [6.45, 7) is 1.77. The number of carbonyl (C=O) groups excluding carboxylic acids is 1. The molecule has 0 aromatic heterocycles. The number of nitrogens with one attached hydrogen (secondary N) is 1. The van der Waals surface area contributed by atoms with Gasteiger partial charge in [0.15, 0.2) is 0 Å². The molecule has 1 amide bonds. The minimum absolute atomic E-state index is 0.0216. The highest BCUT2D eigenvalue weighted by Crippen LogP contribution is 2.21. The van der Waals surface area contributed by atoms with Gasteiger partial charge in [-0.25, -0.2) is 4.39 Å². The lowest BCUT2D eigenvalue weighted by atomic mass is 10.1. The summed E-state index contributed by atoms with van der Waals surface area (Å²) in [5.74, 6) is -0.830. The van der Waals surface area contributed by atoms with Gasteiger partial charge >= 0.3 is 6.18 Å². The largest absolute Gasteiger partial charge is 0.389 e. The maximum atomic E-state index is 12.8. The molecular weight excluding hydrogens is 262 g/mol. The summed E-state index contributed by atoms with van der Waals surface area (Å²) in [7, 11) is 0. The highest BCUT2D eigenvalue weighted by molar-refractivity contribution is 5.95. The minimum Gasteiger partial charge on any atom is -0.352 e. The lowest BCUT2D eigenvalue weighted by Crippen LogP contribution is -2.25. The van der Waals surface area contributed by atoms with Gasteiger partial charge in [0.1, 0.15) is 5.82 Å². The van der Waals surface area contributed by atoms with Crippen molar-refractivity contribution in [3.05, 3.63) is 35.1 Å². The van der Waals surface area contributed by atoms with Crippen LogP contribution in [0.4, 0.5) is 17.6 Å². The first-order chi connectivity index (χ1) is 8.79. The van der Waals surface area contributed by atoms with Gasteiger partial charge in [-0.1, -0.05) is 0 Å². The van der Waals surface area contributed by atoms with Crippen LogP contribution in [0, 0.1) is 12.7 Å². The van der Waals surface area contributed by atoms with Crippen LogP contribution >= 0.6 is 0 Å². The summed E-state index contributed by atoms with van der Waals surface area (Å²) in [4.78, 5) is 11.7. The Morgan fingerprint density at radius 3 is 2.53 bits per heavy atom. The summed E-state index contributed by atoms with van der Waals surface area (Å²) < 4.78 is 48.5. The molecule has 1 rings (SSSR count). The van der Waals surface area contributed by atoms with E-state index in [-0.39, 0.29) is 19.4 Å². The fourth-order valence-electron chi connectivity index (χ4n) is 1.63. The van der Waals surface area contributed by atoms with Crippen LogP contribution in [0.15, 0.2) is 18.2 Å². The Balaban J connectivity index is 2.36. The molecule has 0 aliphatic rings. The number of unbranched alkanes of at least 4 members (excludes halogenated alkanes) is 1. The summed E-state index contributed by atoms with van der Waals surface area (Å²) >= 11 is 0. The Labute approximate surface area is 108 Å². The molecule has 1 N–H and O–H groups in total. The quantitative estimate of drug-likeness (QED) is 0.646. The van der Waals surface area contributed by atoms with E-state index >= 15 is 0 Å². The van der Waals surface area contributed by atoms with Crippen LogP contribution in [-0.2, 0) is 0 Å². The van der Waals surface area contributed by atoms with Gasteiger partial charge in [0, 0.05) is 18.5 Å². The first-order valence-corrected chi connectivity index (χ1v) is 5.91. The van der Waals surface area contributed by atoms with Crippen molar-refractivity contribution in [2.24, 2.45) is 0 Å². The van der Waals surface area contributed by atoms with E-state index < -0.39 is 24.3 Å². The first kappa shape index (κ1) is 15.5. The second-order valence-corrected chi connectivity index (χ2v) is 4.29. The topological polar surface area (TPSA) is 29.1 Å². The number of benzene rings is 1. The zero-order chi connectivity index (χ0) is 14.5. The number of hydrogen-bond donors (Lipinski definition) is 1. The molecule has 0 aliphatic carbocycles. The van der Waals surface area contributed by atoms with Gasteiger partial charge < -0.3 is 5.32 Å². The SMILES string of the molecule is Cc1cc(F)ccc1C(=O)NCCCCC(F)(F)F. The van der Waals surface area contributed by atoms with E-state index in [4.69, 9.17) is 0 Å². The Hall–Kier alpha value is -1.59. The smallest absolute Gasteiger partial charge is 0.352 e. The first-order valence-electron chi connectivity index (χ1n) is 5.91. The molecule has 0 atom stereocenters. The number of rotatable bonds is 5. The van der Waals surface area contributed by atoms with Crippen LogP contribution in [0.25, 0.3) is 0 Å². The van der Waals surface area contributed by atoms with Gasteiger partial charge in [0.05, 0.1) is 0 Å². The number of hydrogen-bond acceptors (Lipinski definition) is 1. The van der Waals surface area contributed by atoms with Gasteiger partial charge in [-0.3, -0.25) is 4.79 Å². The number of aryl methyl sites for hydroxylation is 1. The lowest BCUT2D eigenvalue weighted by Gasteiger charge is -2.08. The molecule has 0 heterocycles. The number of alkyl halides is 3. The van der Waals surface area contributed by atoms with Crippen molar-refractivity contribution in [1.29, 1.82) is 0 Å². The van der Waals surface area contributed by atoms with Crippen LogP contribution < -0.4 is 5.32 Å². The molecule has 0 saturated carbocycles. The molecular formula is C13H15F4NO. The molecule has 0 unspecified atom stereocenters. The van der Waals surface area contributed by atoms with Crippen molar-refractivity contribution in [2.75, 3.05) is 6.54 Å². The molecule has 2 nitrogen and oxygen atoms in total. The molecule has 1 aromatic rings. The van der Waals surface area contributed by atoms with Crippen molar-refractivity contribution >= 4 is 5.91 Å². The second-order valence-electron chi connectivity index (χ2n) is 4.29. The second kappa shape index (κ2) is 6.54. The molecule has 19 heavy (non-hydrogen) atoms. The molecule has 0 radical (unpaired) electrons. The maximum Gasteiger partial charge on any atom is 0.389 e. The molecule has 1 aromatic carbocycles. The molecule has 0 fully saturated rings. The van der Waals surface area contributed by atoms with E-state index in [0.29, 0.717) is 11.1 Å². The van der Waals surface area contributed by atoms with Crippen molar-refractivity contribution in [1.82, 2.24) is 5.32 Å². The fraction of sp³-hybridized carbons (Fsp3) is 0.462. The van der Waals surface area contributed by atoms with Gasteiger partial charge in [0.2, 0.25) is 0 Å². The molecule has 6 heteroatoms. The van der Waals surface area contributed by atoms with E-state index in [2.05, 4.69) is 5.32 Å². The van der Waals surface area contributed by atoms with Gasteiger partial charge in [0.25, 0.3) is 5.91 Å². The standard InChI is InChI=1S/C13H15F4NO/c1-9-8-10(14)4-5-11(9)12(19)18-7-3-2-6-13(15,16)17/h4-5,8H,2-3,6-7H2,1H3,(H,18,19). The van der Waals surface area contributed by atoms with Crippen LogP contribution in [0.2, 0.25) is 0 Å². The van der Waals surface area contributed by atoms with Crippen molar-refractivity contribution in [3.63, 3.8) is 0 Å². The normalized spacial score (nSPS) is 11.4. The van der Waals surface area contributed by atoms with E-state index in [9.17, 15) is 22.4 Å². The van der Waals surface area contributed by atoms with Crippen LogP contribution in [-0.4, -0.2) is 18.6 Å². The third-order valence-corrected chi connectivity index (χ3v) is 2.61. The molecule has 0 saturated heterocycles. The van der Waals surface area contributed by atoms with E-state index in [1.165, 1.54) is 18.2 Å². The third-order valence-electron chi connectivity index (χ3n) is 2.61. The minimum atomic E-state index is -4.16. The van der Waals surface area contributed by atoms with E-state index in [0.717, 1.165) is 0 Å². The van der Waals surface area contributed by atoms with E-state index in [1.807, 2.05) is 0 Å². The predicted octanol–water partition coefficient (Wildman–Crippen LogP) is 3.60. The van der Waals surface area contributed by atoms with Crippen molar-refractivity contribution < 1.29 is 22.4 Å².